The standard InChI is InChI=1S/C23H25NO6/c1-23(2,30-22(28)19(24)11-20(25)26)12-21(27)29-13-18-16-9-5-3-7-14(16)15-8-4-6-10-17(15)18/h3-10,18-19H,11-13,24H2,1-2H3,(H,25,26)/t19-/m0/s1. The number of carboxylic acid groups (broad SMARTS) is 1. The Morgan fingerprint density at radius 1 is 1.03 bits per heavy atom. The Morgan fingerprint density at radius 3 is 2.10 bits per heavy atom. The minimum absolute atomic E-state index is 0.0593. The molecule has 0 heterocycles. The van der Waals surface area contributed by atoms with E-state index in [1.54, 1.807) is 13.8 Å². The predicted octanol–water partition coefficient (Wildman–Crippen LogP) is 2.86. The molecule has 3 N–H and O–H groups in total. The Morgan fingerprint density at radius 2 is 1.57 bits per heavy atom. The lowest BCUT2D eigenvalue weighted by molar-refractivity contribution is -0.165. The van der Waals surface area contributed by atoms with Gasteiger partial charge in [0.2, 0.25) is 0 Å². The molecule has 0 amide bonds. The van der Waals surface area contributed by atoms with Crippen LogP contribution in [0.4, 0.5) is 0 Å². The van der Waals surface area contributed by atoms with Gasteiger partial charge in [-0.1, -0.05) is 48.5 Å². The highest BCUT2D eigenvalue weighted by Gasteiger charge is 2.32. The number of rotatable bonds is 8. The molecule has 0 spiro atoms. The van der Waals surface area contributed by atoms with Gasteiger partial charge in [-0.3, -0.25) is 14.4 Å². The van der Waals surface area contributed by atoms with E-state index < -0.39 is 36.0 Å². The van der Waals surface area contributed by atoms with Crippen molar-refractivity contribution in [2.45, 2.75) is 44.2 Å². The van der Waals surface area contributed by atoms with Gasteiger partial charge in [0.15, 0.2) is 0 Å². The van der Waals surface area contributed by atoms with Crippen molar-refractivity contribution in [1.82, 2.24) is 0 Å². The van der Waals surface area contributed by atoms with Crippen molar-refractivity contribution >= 4 is 17.9 Å². The summed E-state index contributed by atoms with van der Waals surface area (Å²) in [6, 6.07) is 14.8. The van der Waals surface area contributed by atoms with Gasteiger partial charge < -0.3 is 20.3 Å². The number of nitrogens with two attached hydrogens (primary N) is 1. The second-order valence-corrected chi connectivity index (χ2v) is 7.97. The molecule has 7 heteroatoms. The fourth-order valence-corrected chi connectivity index (χ4v) is 3.67. The minimum atomic E-state index is -1.29. The fraction of sp³-hybridized carbons (Fsp3) is 0.348. The molecule has 0 saturated carbocycles. The monoisotopic (exact) mass is 411 g/mol. The van der Waals surface area contributed by atoms with Crippen molar-refractivity contribution in [3.05, 3.63) is 59.7 Å². The van der Waals surface area contributed by atoms with Crippen molar-refractivity contribution in [2.75, 3.05) is 6.61 Å². The summed E-state index contributed by atoms with van der Waals surface area (Å²) < 4.78 is 10.8. The average Bonchev–Trinajstić information content (AvgIpc) is 2.99. The number of ether oxygens (including phenoxy) is 2. The molecule has 3 rings (SSSR count). The lowest BCUT2D eigenvalue weighted by Crippen LogP contribution is -2.41. The summed E-state index contributed by atoms with van der Waals surface area (Å²) in [5.41, 5.74) is 8.83. The number of carbonyl (C=O) groups is 3. The van der Waals surface area contributed by atoms with Gasteiger partial charge in [-0.05, 0) is 36.1 Å². The van der Waals surface area contributed by atoms with Crippen molar-refractivity contribution in [1.29, 1.82) is 0 Å². The summed E-state index contributed by atoms with van der Waals surface area (Å²) in [5, 5.41) is 8.73. The zero-order valence-corrected chi connectivity index (χ0v) is 17.0. The molecule has 0 bridgehead atoms. The van der Waals surface area contributed by atoms with E-state index in [0.29, 0.717) is 0 Å². The van der Waals surface area contributed by atoms with Gasteiger partial charge in [-0.15, -0.1) is 0 Å². The third kappa shape index (κ3) is 4.86. The zero-order valence-electron chi connectivity index (χ0n) is 17.0. The highest BCUT2D eigenvalue weighted by Crippen LogP contribution is 2.44. The van der Waals surface area contributed by atoms with Crippen LogP contribution in [0.2, 0.25) is 0 Å². The minimum Gasteiger partial charge on any atom is -0.481 e. The van der Waals surface area contributed by atoms with Crippen LogP contribution in [0, 0.1) is 0 Å². The fourth-order valence-electron chi connectivity index (χ4n) is 3.67. The van der Waals surface area contributed by atoms with E-state index in [9.17, 15) is 14.4 Å². The summed E-state index contributed by atoms with van der Waals surface area (Å²) in [7, 11) is 0. The van der Waals surface area contributed by atoms with Crippen LogP contribution in [-0.2, 0) is 23.9 Å². The molecule has 0 radical (unpaired) electrons. The maximum absolute atomic E-state index is 12.4. The molecule has 1 atom stereocenters. The first-order valence-corrected chi connectivity index (χ1v) is 9.72. The maximum Gasteiger partial charge on any atom is 0.324 e. The number of carbonyl (C=O) groups excluding carboxylic acids is 2. The second-order valence-electron chi connectivity index (χ2n) is 7.97. The lowest BCUT2D eigenvalue weighted by atomic mass is 9.98. The molecule has 158 valence electrons. The number of fused-ring (bicyclic) bond motifs is 3. The van der Waals surface area contributed by atoms with Crippen LogP contribution in [0.15, 0.2) is 48.5 Å². The number of carboxylic acids is 1. The summed E-state index contributed by atoms with van der Waals surface area (Å²) >= 11 is 0. The number of benzene rings is 2. The topological polar surface area (TPSA) is 116 Å². The van der Waals surface area contributed by atoms with Gasteiger partial charge in [0, 0.05) is 5.92 Å². The Kier molecular flexibility index (Phi) is 6.22. The van der Waals surface area contributed by atoms with E-state index in [4.69, 9.17) is 20.3 Å². The number of esters is 2. The second kappa shape index (κ2) is 8.67. The van der Waals surface area contributed by atoms with Gasteiger partial charge >= 0.3 is 17.9 Å². The third-order valence-corrected chi connectivity index (χ3v) is 5.02. The van der Waals surface area contributed by atoms with Crippen LogP contribution in [-0.4, -0.2) is 41.3 Å². The van der Waals surface area contributed by atoms with Crippen molar-refractivity contribution in [3.63, 3.8) is 0 Å². The predicted molar refractivity (Wildman–Crippen MR) is 110 cm³/mol. The number of aliphatic carboxylic acids is 1. The van der Waals surface area contributed by atoms with E-state index in [0.717, 1.165) is 22.3 Å². The van der Waals surface area contributed by atoms with Gasteiger partial charge in [0.05, 0.1) is 12.8 Å². The van der Waals surface area contributed by atoms with E-state index >= 15 is 0 Å². The summed E-state index contributed by atoms with van der Waals surface area (Å²) in [5.74, 6) is -2.64. The quantitative estimate of drug-likeness (QED) is 0.642. The molecular weight excluding hydrogens is 386 g/mol. The van der Waals surface area contributed by atoms with Crippen molar-refractivity contribution in [2.24, 2.45) is 5.73 Å². The van der Waals surface area contributed by atoms with Gasteiger partial charge in [-0.25, -0.2) is 0 Å². The van der Waals surface area contributed by atoms with E-state index in [-0.39, 0.29) is 18.9 Å². The third-order valence-electron chi connectivity index (χ3n) is 5.02. The molecular formula is C23H25NO6. The molecule has 0 aliphatic heterocycles. The Hall–Kier alpha value is -3.19. The smallest absolute Gasteiger partial charge is 0.324 e. The largest absolute Gasteiger partial charge is 0.481 e. The van der Waals surface area contributed by atoms with Crippen LogP contribution in [0.1, 0.15) is 43.7 Å². The maximum atomic E-state index is 12.4. The molecule has 0 aromatic heterocycles. The molecule has 0 unspecified atom stereocenters. The SMILES string of the molecule is CC(C)(CC(=O)OCC1c2ccccc2-c2ccccc21)OC(=O)[C@@H](N)CC(=O)O. The first kappa shape index (κ1) is 21.5. The average molecular weight is 411 g/mol. The van der Waals surface area contributed by atoms with Crippen LogP contribution in [0.3, 0.4) is 0 Å². The lowest BCUT2D eigenvalue weighted by Gasteiger charge is -2.26. The number of hydrogen-bond acceptors (Lipinski definition) is 6. The molecule has 2 aromatic carbocycles. The van der Waals surface area contributed by atoms with Crippen LogP contribution < -0.4 is 5.73 Å². The van der Waals surface area contributed by atoms with Gasteiger partial charge in [0.1, 0.15) is 18.2 Å². The van der Waals surface area contributed by atoms with Gasteiger partial charge in [-0.2, -0.15) is 0 Å². The molecule has 0 saturated heterocycles. The summed E-state index contributed by atoms with van der Waals surface area (Å²) in [4.78, 5) is 35.1. The molecule has 7 nitrogen and oxygen atoms in total. The highest BCUT2D eigenvalue weighted by molar-refractivity contribution is 5.82. The van der Waals surface area contributed by atoms with E-state index in [2.05, 4.69) is 12.1 Å². The Balaban J connectivity index is 1.61. The molecule has 1 aliphatic rings. The summed E-state index contributed by atoms with van der Waals surface area (Å²) in [6.07, 6.45) is -0.714. The first-order chi connectivity index (χ1) is 14.2. The molecule has 30 heavy (non-hydrogen) atoms. The van der Waals surface area contributed by atoms with Gasteiger partial charge in [0.25, 0.3) is 0 Å². The highest BCUT2D eigenvalue weighted by atomic mass is 16.6. The molecule has 1 aliphatic carbocycles. The Labute approximate surface area is 174 Å². The van der Waals surface area contributed by atoms with Crippen molar-refractivity contribution in [3.8, 4) is 11.1 Å². The summed E-state index contributed by atoms with van der Waals surface area (Å²) in [6.45, 7) is 3.29. The molecule has 2 aromatic rings. The van der Waals surface area contributed by atoms with Crippen LogP contribution >= 0.6 is 0 Å². The zero-order chi connectivity index (χ0) is 21.9. The Bertz CT molecular complexity index is 922. The molecule has 0 fully saturated rings. The van der Waals surface area contributed by atoms with E-state index in [1.165, 1.54) is 0 Å². The first-order valence-electron chi connectivity index (χ1n) is 9.72. The van der Waals surface area contributed by atoms with Crippen LogP contribution in [0.5, 0.6) is 0 Å². The van der Waals surface area contributed by atoms with Crippen LogP contribution in [0.25, 0.3) is 11.1 Å². The van der Waals surface area contributed by atoms with E-state index in [1.807, 2.05) is 36.4 Å². The normalized spacial score (nSPS) is 13.8. The number of hydrogen-bond donors (Lipinski definition) is 2. The van der Waals surface area contributed by atoms with Crippen molar-refractivity contribution < 1.29 is 29.0 Å².